The first-order chi connectivity index (χ1) is 10.1. The molecule has 23 heavy (non-hydrogen) atoms. The van der Waals surface area contributed by atoms with Crippen LogP contribution in [-0.4, -0.2) is 29.8 Å². The first-order valence-corrected chi connectivity index (χ1v) is 9.70. The number of hydrogen-bond acceptors (Lipinski definition) is 1. The van der Waals surface area contributed by atoms with E-state index in [1.54, 1.807) is 6.92 Å². The Bertz CT molecular complexity index is 573. The molecule has 0 aliphatic heterocycles. The molecule has 1 aliphatic carbocycles. The van der Waals surface area contributed by atoms with Gasteiger partial charge in [0.15, 0.2) is 0 Å². The van der Waals surface area contributed by atoms with E-state index in [4.69, 9.17) is 0 Å². The number of allylic oxidation sites excluding steroid dienone is 3. The molecular formula is C11H8Br2F7IOS. The van der Waals surface area contributed by atoms with Gasteiger partial charge in [0, 0.05) is 8.83 Å². The van der Waals surface area contributed by atoms with Crippen LogP contribution in [-0.2, 0) is 10.8 Å². The van der Waals surface area contributed by atoms with Crippen molar-refractivity contribution in [1.29, 1.82) is 0 Å². The lowest BCUT2D eigenvalue weighted by Crippen LogP contribution is -2.54. The van der Waals surface area contributed by atoms with Gasteiger partial charge in [-0.3, -0.25) is 0 Å². The van der Waals surface area contributed by atoms with Crippen LogP contribution in [0.3, 0.4) is 0 Å². The van der Waals surface area contributed by atoms with Crippen molar-refractivity contribution in [3.63, 3.8) is 0 Å². The molecule has 0 saturated carbocycles. The third-order valence-corrected chi connectivity index (χ3v) is 8.01. The molecule has 1 aliphatic rings. The normalized spacial score (nSPS) is 26.4. The maximum Gasteiger partial charge on any atom is 0.461 e. The van der Waals surface area contributed by atoms with E-state index in [2.05, 4.69) is 31.9 Å². The summed E-state index contributed by atoms with van der Waals surface area (Å²) in [6.45, 7) is 1.67. The molecule has 12 heteroatoms. The van der Waals surface area contributed by atoms with Gasteiger partial charge in [0.05, 0.1) is 4.32 Å². The zero-order valence-corrected chi connectivity index (χ0v) is 17.2. The van der Waals surface area contributed by atoms with Crippen LogP contribution < -0.4 is 0 Å². The van der Waals surface area contributed by atoms with E-state index in [0.29, 0.717) is 0 Å². The highest BCUT2D eigenvalue weighted by molar-refractivity contribution is 14.1. The van der Waals surface area contributed by atoms with Crippen molar-refractivity contribution in [2.75, 3.05) is 0 Å². The van der Waals surface area contributed by atoms with Crippen LogP contribution in [0.25, 0.3) is 0 Å². The van der Waals surface area contributed by atoms with Crippen molar-refractivity contribution in [3.8, 4) is 0 Å². The van der Waals surface area contributed by atoms with E-state index in [9.17, 15) is 34.9 Å². The summed E-state index contributed by atoms with van der Waals surface area (Å²) in [5.74, 6) is -6.42. The van der Waals surface area contributed by atoms with E-state index in [0.717, 1.165) is 12.2 Å². The molecule has 3 atom stereocenters. The second-order valence-electron chi connectivity index (χ2n) is 4.72. The molecule has 1 rings (SSSR count). The molecule has 0 radical (unpaired) electrons. The van der Waals surface area contributed by atoms with E-state index >= 15 is 0 Å². The van der Waals surface area contributed by atoms with Crippen LogP contribution in [0.15, 0.2) is 21.5 Å². The Labute approximate surface area is 160 Å². The molecule has 0 aromatic carbocycles. The zero-order chi connectivity index (χ0) is 18.4. The van der Waals surface area contributed by atoms with Crippen LogP contribution >= 0.6 is 54.5 Å². The fourth-order valence-electron chi connectivity index (χ4n) is 1.59. The number of rotatable bonds is 4. The second-order valence-corrected chi connectivity index (χ2v) is 10.6. The maximum atomic E-state index is 13.6. The summed E-state index contributed by atoms with van der Waals surface area (Å²) in [7, 11) is -3.90. The third kappa shape index (κ3) is 4.15. The Morgan fingerprint density at radius 3 is 2.13 bits per heavy atom. The lowest BCUT2D eigenvalue weighted by atomic mass is 9.98. The number of halogens is 10. The summed E-state index contributed by atoms with van der Waals surface area (Å²) in [5.41, 5.74) is 0. The summed E-state index contributed by atoms with van der Waals surface area (Å²) in [5, 5.41) is -5.80. The Balaban J connectivity index is 3.35. The zero-order valence-electron chi connectivity index (χ0n) is 11.0. The minimum Gasteiger partial charge on any atom is -0.248 e. The van der Waals surface area contributed by atoms with Crippen LogP contribution in [0.1, 0.15) is 13.3 Å². The van der Waals surface area contributed by atoms with Crippen LogP contribution in [0.4, 0.5) is 30.7 Å². The SMILES string of the molecule is CC(I)C1(Br)C=C(S(=O)C(F)(F)C(F)(F)C(F)(F)F)C=C(Br)C1. The molecule has 0 fully saturated rings. The third-order valence-electron chi connectivity index (χ3n) is 2.95. The number of hydrogen-bond donors (Lipinski definition) is 0. The topological polar surface area (TPSA) is 17.1 Å². The van der Waals surface area contributed by atoms with Crippen LogP contribution in [0, 0.1) is 0 Å². The minimum atomic E-state index is -6.52. The number of alkyl halides is 9. The molecule has 0 aromatic heterocycles. The van der Waals surface area contributed by atoms with Crippen molar-refractivity contribution in [2.45, 2.75) is 38.9 Å². The first kappa shape index (κ1) is 21.9. The molecular weight excluding hydrogens is 600 g/mol. The van der Waals surface area contributed by atoms with Crippen molar-refractivity contribution >= 4 is 65.3 Å². The molecule has 1 nitrogen and oxygen atoms in total. The van der Waals surface area contributed by atoms with Gasteiger partial charge < -0.3 is 0 Å². The Hall–Kier alpha value is 0.830. The molecule has 0 heterocycles. The first-order valence-electron chi connectivity index (χ1n) is 5.72. The summed E-state index contributed by atoms with van der Waals surface area (Å²) in [4.78, 5) is -0.808. The van der Waals surface area contributed by atoms with E-state index in [1.807, 2.05) is 22.6 Å². The molecule has 0 saturated heterocycles. The quantitative estimate of drug-likeness (QED) is 0.216. The fraction of sp³-hybridized carbons (Fsp3) is 0.636. The Kier molecular flexibility index (Phi) is 6.52. The average Bonchev–Trinajstić information content (AvgIpc) is 2.34. The van der Waals surface area contributed by atoms with Gasteiger partial charge in [-0.25, -0.2) is 4.21 Å². The highest BCUT2D eigenvalue weighted by Gasteiger charge is 2.76. The average molecular weight is 608 g/mol. The lowest BCUT2D eigenvalue weighted by Gasteiger charge is -2.33. The van der Waals surface area contributed by atoms with Gasteiger partial charge >= 0.3 is 17.4 Å². The van der Waals surface area contributed by atoms with Crippen molar-refractivity contribution < 1.29 is 34.9 Å². The van der Waals surface area contributed by atoms with Crippen molar-refractivity contribution in [1.82, 2.24) is 0 Å². The summed E-state index contributed by atoms with van der Waals surface area (Å²) < 4.78 is 101. The highest BCUT2D eigenvalue weighted by atomic mass is 127. The van der Waals surface area contributed by atoms with Gasteiger partial charge in [-0.2, -0.15) is 30.7 Å². The molecule has 134 valence electrons. The van der Waals surface area contributed by atoms with Crippen molar-refractivity contribution in [3.05, 3.63) is 21.5 Å². The predicted molar refractivity (Wildman–Crippen MR) is 88.9 cm³/mol. The summed E-state index contributed by atoms with van der Waals surface area (Å²) >= 11 is 8.14. The molecule has 0 spiro atoms. The Morgan fingerprint density at radius 2 is 1.74 bits per heavy atom. The maximum absolute atomic E-state index is 13.6. The highest BCUT2D eigenvalue weighted by Crippen LogP contribution is 2.51. The largest absolute Gasteiger partial charge is 0.461 e. The van der Waals surface area contributed by atoms with Gasteiger partial charge in [-0.1, -0.05) is 61.4 Å². The standard InChI is InChI=1S/C11H8Br2F7IOS/c1-5(21)8(13)3-6(12)2-7(4-8)23(22)11(19,20)9(14,15)10(16,17)18/h2,4-5H,3H2,1H3. The molecule has 0 N–H and O–H groups in total. The van der Waals surface area contributed by atoms with E-state index in [1.165, 1.54) is 0 Å². The summed E-state index contributed by atoms with van der Waals surface area (Å²) in [6, 6.07) is 0. The van der Waals surface area contributed by atoms with Crippen molar-refractivity contribution in [2.24, 2.45) is 0 Å². The monoisotopic (exact) mass is 606 g/mol. The van der Waals surface area contributed by atoms with Crippen LogP contribution in [0.2, 0.25) is 0 Å². The predicted octanol–water partition coefficient (Wildman–Crippen LogP) is 6.05. The molecule has 0 aromatic rings. The van der Waals surface area contributed by atoms with E-state index in [-0.39, 0.29) is 14.8 Å². The van der Waals surface area contributed by atoms with Gasteiger partial charge in [0.2, 0.25) is 0 Å². The summed E-state index contributed by atoms with van der Waals surface area (Å²) in [6.07, 6.45) is -4.43. The second kappa shape index (κ2) is 6.86. The molecule has 0 bridgehead atoms. The van der Waals surface area contributed by atoms with Gasteiger partial charge in [0.1, 0.15) is 10.8 Å². The van der Waals surface area contributed by atoms with Gasteiger partial charge in [-0.15, -0.1) is 0 Å². The smallest absolute Gasteiger partial charge is 0.248 e. The van der Waals surface area contributed by atoms with Gasteiger partial charge in [0.25, 0.3) is 0 Å². The van der Waals surface area contributed by atoms with Crippen LogP contribution in [0.5, 0.6) is 0 Å². The molecule has 0 amide bonds. The lowest BCUT2D eigenvalue weighted by molar-refractivity contribution is -0.331. The van der Waals surface area contributed by atoms with Gasteiger partial charge in [-0.05, 0) is 23.1 Å². The fourth-order valence-corrected chi connectivity index (χ4v) is 5.14. The Morgan fingerprint density at radius 1 is 1.26 bits per heavy atom. The minimum absolute atomic E-state index is 0.235. The van der Waals surface area contributed by atoms with E-state index < -0.39 is 37.4 Å². The molecule has 3 unspecified atom stereocenters.